The Balaban J connectivity index is 1.90. The first-order chi connectivity index (χ1) is 9.72. The van der Waals surface area contributed by atoms with Crippen molar-refractivity contribution in [3.63, 3.8) is 0 Å². The molecule has 0 fully saturated rings. The van der Waals surface area contributed by atoms with Gasteiger partial charge in [-0.05, 0) is 25.5 Å². The molecule has 106 valence electrons. The van der Waals surface area contributed by atoms with Crippen LogP contribution in [0.15, 0.2) is 18.3 Å². The summed E-state index contributed by atoms with van der Waals surface area (Å²) in [5, 5.41) is 14.5. The summed E-state index contributed by atoms with van der Waals surface area (Å²) >= 11 is 1.61. The van der Waals surface area contributed by atoms with Crippen molar-refractivity contribution < 1.29 is 4.79 Å². The summed E-state index contributed by atoms with van der Waals surface area (Å²) < 4.78 is 0. The van der Waals surface area contributed by atoms with Gasteiger partial charge < -0.3 is 10.6 Å². The summed E-state index contributed by atoms with van der Waals surface area (Å²) in [5.74, 6) is 0.422. The minimum Gasteiger partial charge on any atom is -0.369 e. The van der Waals surface area contributed by atoms with Gasteiger partial charge in [0.15, 0.2) is 5.69 Å². The Morgan fingerprint density at radius 1 is 1.30 bits per heavy atom. The molecular weight excluding hydrogens is 274 g/mol. The van der Waals surface area contributed by atoms with Crippen LogP contribution in [0.3, 0.4) is 0 Å². The third kappa shape index (κ3) is 3.74. The van der Waals surface area contributed by atoms with Crippen LogP contribution in [0, 0.1) is 0 Å². The van der Waals surface area contributed by atoms with Crippen molar-refractivity contribution in [2.24, 2.45) is 0 Å². The first kappa shape index (κ1) is 14.4. The lowest BCUT2D eigenvalue weighted by Crippen LogP contribution is -2.24. The highest BCUT2D eigenvalue weighted by molar-refractivity contribution is 7.11. The molecule has 2 aromatic rings. The lowest BCUT2D eigenvalue weighted by molar-refractivity contribution is 0.0945. The fraction of sp³-hybridized carbons (Fsp3) is 0.385. The van der Waals surface area contributed by atoms with Crippen molar-refractivity contribution in [1.29, 1.82) is 0 Å². The molecule has 0 saturated heterocycles. The molecular formula is C13H17N5OS. The predicted molar refractivity (Wildman–Crippen MR) is 78.9 cm³/mol. The van der Waals surface area contributed by atoms with Gasteiger partial charge in [0.25, 0.3) is 5.91 Å². The summed E-state index contributed by atoms with van der Waals surface area (Å²) in [6, 6.07) is 3.39. The number of carbonyl (C=O) groups excluding carboxylic acids is 1. The molecule has 6 nitrogen and oxygen atoms in total. The van der Waals surface area contributed by atoms with E-state index in [-0.39, 0.29) is 5.91 Å². The third-order valence-corrected chi connectivity index (χ3v) is 3.75. The fourth-order valence-electron chi connectivity index (χ4n) is 1.57. The monoisotopic (exact) mass is 291 g/mol. The van der Waals surface area contributed by atoms with E-state index in [1.165, 1.54) is 4.88 Å². The van der Waals surface area contributed by atoms with Crippen molar-refractivity contribution >= 4 is 23.1 Å². The Morgan fingerprint density at radius 2 is 2.15 bits per heavy atom. The van der Waals surface area contributed by atoms with Crippen LogP contribution in [0.5, 0.6) is 0 Å². The topological polar surface area (TPSA) is 79.8 Å². The fourth-order valence-corrected chi connectivity index (χ4v) is 2.37. The van der Waals surface area contributed by atoms with Gasteiger partial charge in [0, 0.05) is 17.6 Å². The number of carbonyl (C=O) groups is 1. The van der Waals surface area contributed by atoms with Crippen LogP contribution in [0.2, 0.25) is 0 Å². The van der Waals surface area contributed by atoms with Gasteiger partial charge in [0.1, 0.15) is 10.8 Å². The lowest BCUT2D eigenvalue weighted by atomic mass is 10.3. The summed E-state index contributed by atoms with van der Waals surface area (Å²) in [7, 11) is 0. The van der Waals surface area contributed by atoms with E-state index in [1.807, 2.05) is 13.1 Å². The molecule has 0 atom stereocenters. The number of anilines is 1. The zero-order valence-corrected chi connectivity index (χ0v) is 12.3. The molecule has 2 heterocycles. The Kier molecular flexibility index (Phi) is 5.00. The Hall–Kier alpha value is -2.02. The summed E-state index contributed by atoms with van der Waals surface area (Å²) in [6.07, 6.45) is 2.81. The van der Waals surface area contributed by atoms with E-state index in [0.717, 1.165) is 18.0 Å². The molecule has 0 unspecified atom stereocenters. The van der Waals surface area contributed by atoms with Crippen LogP contribution in [-0.4, -0.2) is 27.6 Å². The second kappa shape index (κ2) is 6.95. The van der Waals surface area contributed by atoms with E-state index in [9.17, 15) is 4.79 Å². The minimum absolute atomic E-state index is 0.242. The van der Waals surface area contributed by atoms with Crippen molar-refractivity contribution in [3.8, 4) is 0 Å². The maximum absolute atomic E-state index is 11.9. The molecule has 2 rings (SSSR count). The summed E-state index contributed by atoms with van der Waals surface area (Å²) in [5.41, 5.74) is 0.305. The smallest absolute Gasteiger partial charge is 0.272 e. The van der Waals surface area contributed by atoms with Gasteiger partial charge in [-0.2, -0.15) is 0 Å². The first-order valence-electron chi connectivity index (χ1n) is 6.52. The number of rotatable bonds is 6. The number of nitrogens with zero attached hydrogens (tertiary/aromatic N) is 3. The number of nitrogens with one attached hydrogen (secondary N) is 2. The third-order valence-electron chi connectivity index (χ3n) is 2.61. The van der Waals surface area contributed by atoms with Crippen LogP contribution < -0.4 is 10.6 Å². The Labute approximate surface area is 121 Å². The SMILES string of the molecule is CCNc1ccc(C(=O)NCc2ncc(CC)s2)nn1. The molecule has 0 bridgehead atoms. The molecule has 0 aliphatic heterocycles. The quantitative estimate of drug-likeness (QED) is 0.849. The molecule has 0 aromatic carbocycles. The zero-order chi connectivity index (χ0) is 14.4. The van der Waals surface area contributed by atoms with Gasteiger partial charge in [0.05, 0.1) is 6.54 Å². The van der Waals surface area contributed by atoms with E-state index in [0.29, 0.717) is 18.1 Å². The van der Waals surface area contributed by atoms with Crippen LogP contribution in [0.25, 0.3) is 0 Å². The van der Waals surface area contributed by atoms with Crippen LogP contribution in [0.4, 0.5) is 5.82 Å². The van der Waals surface area contributed by atoms with E-state index in [2.05, 4.69) is 32.7 Å². The van der Waals surface area contributed by atoms with Crippen molar-refractivity contribution in [3.05, 3.63) is 33.9 Å². The van der Waals surface area contributed by atoms with E-state index < -0.39 is 0 Å². The van der Waals surface area contributed by atoms with Gasteiger partial charge in [-0.15, -0.1) is 21.5 Å². The van der Waals surface area contributed by atoms with Gasteiger partial charge >= 0.3 is 0 Å². The molecule has 20 heavy (non-hydrogen) atoms. The summed E-state index contributed by atoms with van der Waals surface area (Å²) in [4.78, 5) is 17.4. The molecule has 0 aliphatic rings. The highest BCUT2D eigenvalue weighted by atomic mass is 32.1. The van der Waals surface area contributed by atoms with Gasteiger partial charge in [-0.3, -0.25) is 4.79 Å². The normalized spacial score (nSPS) is 10.3. The maximum atomic E-state index is 11.9. The average Bonchev–Trinajstić information content (AvgIpc) is 2.94. The molecule has 1 amide bonds. The number of hydrogen-bond donors (Lipinski definition) is 2. The van der Waals surface area contributed by atoms with Crippen molar-refractivity contribution in [2.75, 3.05) is 11.9 Å². The number of aromatic nitrogens is 3. The highest BCUT2D eigenvalue weighted by Crippen LogP contribution is 2.13. The highest BCUT2D eigenvalue weighted by Gasteiger charge is 2.09. The number of aryl methyl sites for hydroxylation is 1. The maximum Gasteiger partial charge on any atom is 0.272 e. The van der Waals surface area contributed by atoms with Crippen LogP contribution in [0.1, 0.15) is 34.2 Å². The molecule has 0 radical (unpaired) electrons. The predicted octanol–water partition coefficient (Wildman–Crippen LogP) is 1.86. The average molecular weight is 291 g/mol. The standard InChI is InChI=1S/C13H17N5OS/c1-3-9-7-15-12(20-9)8-16-13(19)10-5-6-11(14-4-2)18-17-10/h5-7H,3-4,8H2,1-2H3,(H,14,18)(H,16,19). The van der Waals surface area contributed by atoms with Gasteiger partial charge in [-0.25, -0.2) is 4.98 Å². The summed E-state index contributed by atoms with van der Waals surface area (Å²) in [6.45, 7) is 5.24. The minimum atomic E-state index is -0.242. The van der Waals surface area contributed by atoms with Crippen LogP contribution >= 0.6 is 11.3 Å². The molecule has 0 spiro atoms. The van der Waals surface area contributed by atoms with Crippen molar-refractivity contribution in [1.82, 2.24) is 20.5 Å². The second-order valence-electron chi connectivity index (χ2n) is 4.09. The van der Waals surface area contributed by atoms with E-state index in [1.54, 1.807) is 23.5 Å². The van der Waals surface area contributed by atoms with E-state index in [4.69, 9.17) is 0 Å². The van der Waals surface area contributed by atoms with E-state index >= 15 is 0 Å². The number of hydrogen-bond acceptors (Lipinski definition) is 6. The Morgan fingerprint density at radius 3 is 2.75 bits per heavy atom. The first-order valence-corrected chi connectivity index (χ1v) is 7.34. The molecule has 0 aliphatic carbocycles. The molecule has 2 aromatic heterocycles. The second-order valence-corrected chi connectivity index (χ2v) is 5.29. The molecule has 2 N–H and O–H groups in total. The lowest BCUT2D eigenvalue weighted by Gasteiger charge is -2.03. The Bertz CT molecular complexity index is 566. The molecule has 7 heteroatoms. The van der Waals surface area contributed by atoms with Gasteiger partial charge in [0.2, 0.25) is 0 Å². The van der Waals surface area contributed by atoms with Crippen LogP contribution in [-0.2, 0) is 13.0 Å². The number of thiazole rings is 1. The largest absolute Gasteiger partial charge is 0.369 e. The van der Waals surface area contributed by atoms with Crippen molar-refractivity contribution in [2.45, 2.75) is 26.8 Å². The molecule has 0 saturated carbocycles. The number of amides is 1. The zero-order valence-electron chi connectivity index (χ0n) is 11.5. The van der Waals surface area contributed by atoms with Gasteiger partial charge in [-0.1, -0.05) is 6.92 Å².